The maximum Gasteiger partial charge on any atom is 0.287 e. The van der Waals surface area contributed by atoms with E-state index in [4.69, 9.17) is 11.6 Å². The number of benzene rings is 1. The lowest BCUT2D eigenvalue weighted by Gasteiger charge is -2.11. The summed E-state index contributed by atoms with van der Waals surface area (Å²) in [5, 5.41) is 4.96. The molecule has 2 N–H and O–H groups in total. The number of nitrogens with one attached hydrogen (secondary N) is 2. The molecule has 8 heteroatoms. The number of H-pyrrole nitrogens is 1. The fourth-order valence-electron chi connectivity index (χ4n) is 2.42. The molecule has 1 aromatic carbocycles. The predicted molar refractivity (Wildman–Crippen MR) is 105 cm³/mol. The summed E-state index contributed by atoms with van der Waals surface area (Å²) in [6.45, 7) is 3.92. The van der Waals surface area contributed by atoms with Gasteiger partial charge in [0, 0.05) is 18.0 Å². The Morgan fingerprint density at radius 3 is 2.81 bits per heavy atom. The van der Waals surface area contributed by atoms with Crippen LogP contribution in [0.2, 0.25) is 5.02 Å². The van der Waals surface area contributed by atoms with Gasteiger partial charge in [0.25, 0.3) is 5.56 Å². The van der Waals surface area contributed by atoms with E-state index >= 15 is 0 Å². The molecule has 0 saturated carbocycles. The lowest BCUT2D eigenvalue weighted by Crippen LogP contribution is -2.27. The van der Waals surface area contributed by atoms with Crippen LogP contribution in [0.1, 0.15) is 19.4 Å². The van der Waals surface area contributed by atoms with E-state index < -0.39 is 11.4 Å². The standard InChI is InChI=1S/C19H17ClFN3O2S/c1-10(2)18(25)22-9-11-5-6-13(20)12(8-11)17-23-16(14-4-3-7-27-14)15(21)19(26)24-17/h3-8,10H,9H2,1-2H3,(H,22,25)(H,23,24,26). The molecule has 0 aliphatic rings. The van der Waals surface area contributed by atoms with Crippen LogP contribution < -0.4 is 10.9 Å². The highest BCUT2D eigenvalue weighted by Gasteiger charge is 2.17. The number of halogens is 2. The maximum atomic E-state index is 14.2. The van der Waals surface area contributed by atoms with Gasteiger partial charge in [-0.15, -0.1) is 11.3 Å². The summed E-state index contributed by atoms with van der Waals surface area (Å²) < 4.78 is 14.2. The van der Waals surface area contributed by atoms with Crippen LogP contribution in [0.3, 0.4) is 0 Å². The lowest BCUT2D eigenvalue weighted by molar-refractivity contribution is -0.124. The molecule has 3 rings (SSSR count). The number of carbonyl (C=O) groups excluding carboxylic acids is 1. The summed E-state index contributed by atoms with van der Waals surface area (Å²) in [4.78, 5) is 31.1. The molecular formula is C19H17ClFN3O2S. The highest BCUT2D eigenvalue weighted by Crippen LogP contribution is 2.29. The molecule has 0 radical (unpaired) electrons. The van der Waals surface area contributed by atoms with Gasteiger partial charge in [0.15, 0.2) is 0 Å². The number of thiophene rings is 1. The van der Waals surface area contributed by atoms with Gasteiger partial charge in [-0.3, -0.25) is 9.59 Å². The molecule has 0 fully saturated rings. The number of nitrogens with zero attached hydrogens (tertiary/aromatic N) is 1. The van der Waals surface area contributed by atoms with Crippen molar-refractivity contribution < 1.29 is 9.18 Å². The smallest absolute Gasteiger partial charge is 0.287 e. The van der Waals surface area contributed by atoms with Crippen LogP contribution >= 0.6 is 22.9 Å². The van der Waals surface area contributed by atoms with Crippen LogP contribution in [0.5, 0.6) is 0 Å². The second kappa shape index (κ2) is 8.02. The molecular weight excluding hydrogens is 389 g/mol. The van der Waals surface area contributed by atoms with E-state index in [1.54, 1.807) is 35.7 Å². The van der Waals surface area contributed by atoms with E-state index in [-0.39, 0.29) is 23.3 Å². The highest BCUT2D eigenvalue weighted by molar-refractivity contribution is 7.13. The average molecular weight is 406 g/mol. The van der Waals surface area contributed by atoms with Crippen molar-refractivity contribution in [3.8, 4) is 22.0 Å². The topological polar surface area (TPSA) is 74.8 Å². The number of amides is 1. The van der Waals surface area contributed by atoms with Crippen LogP contribution in [0.4, 0.5) is 4.39 Å². The minimum absolute atomic E-state index is 0.0154. The molecule has 140 valence electrons. The zero-order chi connectivity index (χ0) is 19.6. The Morgan fingerprint density at radius 1 is 1.37 bits per heavy atom. The molecule has 0 aliphatic heterocycles. The lowest BCUT2D eigenvalue weighted by atomic mass is 10.1. The van der Waals surface area contributed by atoms with Crippen molar-refractivity contribution in [2.75, 3.05) is 0 Å². The normalized spacial score (nSPS) is 11.0. The quantitative estimate of drug-likeness (QED) is 0.667. The van der Waals surface area contributed by atoms with Gasteiger partial charge in [-0.2, -0.15) is 4.39 Å². The van der Waals surface area contributed by atoms with Crippen LogP contribution in [0.25, 0.3) is 22.0 Å². The first-order valence-corrected chi connectivity index (χ1v) is 9.52. The van der Waals surface area contributed by atoms with Crippen molar-refractivity contribution in [2.45, 2.75) is 20.4 Å². The van der Waals surface area contributed by atoms with Gasteiger partial charge in [-0.05, 0) is 29.1 Å². The fraction of sp³-hybridized carbons (Fsp3) is 0.211. The van der Waals surface area contributed by atoms with E-state index in [0.717, 1.165) is 5.56 Å². The Labute approximate surface area is 164 Å². The molecule has 0 unspecified atom stereocenters. The Kier molecular flexibility index (Phi) is 5.72. The summed E-state index contributed by atoms with van der Waals surface area (Å²) in [5.74, 6) is -0.954. The summed E-state index contributed by atoms with van der Waals surface area (Å²) in [6.07, 6.45) is 0. The molecule has 2 heterocycles. The highest BCUT2D eigenvalue weighted by atomic mass is 35.5. The van der Waals surface area contributed by atoms with Crippen molar-refractivity contribution in [1.82, 2.24) is 15.3 Å². The van der Waals surface area contributed by atoms with Crippen molar-refractivity contribution >= 4 is 28.8 Å². The molecule has 27 heavy (non-hydrogen) atoms. The molecule has 1 amide bonds. The van der Waals surface area contributed by atoms with E-state index in [9.17, 15) is 14.0 Å². The van der Waals surface area contributed by atoms with Crippen LogP contribution in [0.15, 0.2) is 40.5 Å². The Hall–Kier alpha value is -2.51. The molecule has 3 aromatic rings. The number of aromatic nitrogens is 2. The zero-order valence-corrected chi connectivity index (χ0v) is 16.2. The first kappa shape index (κ1) is 19.3. The van der Waals surface area contributed by atoms with E-state index in [0.29, 0.717) is 22.0 Å². The van der Waals surface area contributed by atoms with Crippen LogP contribution in [0, 0.1) is 11.7 Å². The fourth-order valence-corrected chi connectivity index (χ4v) is 3.33. The summed E-state index contributed by atoms with van der Waals surface area (Å²) in [6, 6.07) is 8.60. The van der Waals surface area contributed by atoms with Crippen LogP contribution in [-0.4, -0.2) is 15.9 Å². The average Bonchev–Trinajstić information content (AvgIpc) is 3.17. The molecule has 5 nitrogen and oxygen atoms in total. The van der Waals surface area contributed by atoms with E-state index in [1.165, 1.54) is 11.3 Å². The van der Waals surface area contributed by atoms with Gasteiger partial charge in [-0.25, -0.2) is 4.98 Å². The van der Waals surface area contributed by atoms with Crippen LogP contribution in [-0.2, 0) is 11.3 Å². The Bertz CT molecular complexity index is 1030. The first-order chi connectivity index (χ1) is 12.9. The second-order valence-electron chi connectivity index (χ2n) is 6.24. The third-order valence-corrected chi connectivity index (χ3v) is 5.10. The number of rotatable bonds is 5. The van der Waals surface area contributed by atoms with Gasteiger partial charge in [-0.1, -0.05) is 37.6 Å². The van der Waals surface area contributed by atoms with Crippen molar-refractivity contribution in [3.05, 3.63) is 62.5 Å². The Balaban J connectivity index is 2.00. The monoisotopic (exact) mass is 405 g/mol. The third-order valence-electron chi connectivity index (χ3n) is 3.89. The second-order valence-corrected chi connectivity index (χ2v) is 7.60. The number of hydrogen-bond donors (Lipinski definition) is 2. The number of aromatic amines is 1. The van der Waals surface area contributed by atoms with Crippen molar-refractivity contribution in [1.29, 1.82) is 0 Å². The zero-order valence-electron chi connectivity index (χ0n) is 14.7. The number of carbonyl (C=O) groups is 1. The molecule has 0 bridgehead atoms. The largest absolute Gasteiger partial charge is 0.352 e. The summed E-state index contributed by atoms with van der Waals surface area (Å²) in [7, 11) is 0. The minimum Gasteiger partial charge on any atom is -0.352 e. The summed E-state index contributed by atoms with van der Waals surface area (Å²) >= 11 is 7.56. The van der Waals surface area contributed by atoms with Gasteiger partial charge in [0.2, 0.25) is 11.7 Å². The molecule has 0 aliphatic carbocycles. The number of hydrogen-bond acceptors (Lipinski definition) is 4. The SMILES string of the molecule is CC(C)C(=O)NCc1ccc(Cl)c(-c2nc(-c3cccs3)c(F)c(=O)[nH]2)c1. The predicted octanol–water partition coefficient (Wildman–Crippen LogP) is 4.23. The van der Waals surface area contributed by atoms with E-state index in [2.05, 4.69) is 15.3 Å². The van der Waals surface area contributed by atoms with Gasteiger partial charge in [0.1, 0.15) is 11.5 Å². The first-order valence-electron chi connectivity index (χ1n) is 8.27. The third kappa shape index (κ3) is 4.26. The van der Waals surface area contributed by atoms with Gasteiger partial charge >= 0.3 is 0 Å². The molecule has 0 spiro atoms. The molecule has 2 aromatic heterocycles. The molecule has 0 saturated heterocycles. The van der Waals surface area contributed by atoms with Gasteiger partial charge in [0.05, 0.1) is 9.90 Å². The van der Waals surface area contributed by atoms with E-state index in [1.807, 2.05) is 13.8 Å². The maximum absolute atomic E-state index is 14.2. The minimum atomic E-state index is -0.933. The Morgan fingerprint density at radius 2 is 2.15 bits per heavy atom. The van der Waals surface area contributed by atoms with Crippen molar-refractivity contribution in [3.63, 3.8) is 0 Å². The van der Waals surface area contributed by atoms with Crippen molar-refractivity contribution in [2.24, 2.45) is 5.92 Å². The summed E-state index contributed by atoms with van der Waals surface area (Å²) in [5.41, 5.74) is 0.368. The molecule has 0 atom stereocenters. The van der Waals surface area contributed by atoms with Gasteiger partial charge < -0.3 is 10.3 Å².